The summed E-state index contributed by atoms with van der Waals surface area (Å²) < 4.78 is 5.02. The van der Waals surface area contributed by atoms with Gasteiger partial charge >= 0.3 is 5.97 Å². The number of benzene rings is 1. The van der Waals surface area contributed by atoms with Crippen LogP contribution in [-0.2, 0) is 4.79 Å². The molecule has 0 atom stereocenters. The number of ether oxygens (including phenoxy) is 1. The molecule has 110 valence electrons. The predicted molar refractivity (Wildman–Crippen MR) is 76.0 cm³/mol. The molecule has 0 saturated heterocycles. The molecule has 5 nitrogen and oxygen atoms in total. The Morgan fingerprint density at radius 2 is 1.75 bits per heavy atom. The zero-order chi connectivity index (χ0) is 15.2. The van der Waals surface area contributed by atoms with Gasteiger partial charge in [0.25, 0.3) is 5.91 Å². The molecule has 0 radical (unpaired) electrons. The van der Waals surface area contributed by atoms with Gasteiger partial charge in [-0.3, -0.25) is 9.59 Å². The van der Waals surface area contributed by atoms with Gasteiger partial charge in [0.1, 0.15) is 5.75 Å². The molecule has 5 heteroatoms. The van der Waals surface area contributed by atoms with Crippen molar-refractivity contribution < 1.29 is 19.4 Å². The molecule has 0 spiro atoms. The van der Waals surface area contributed by atoms with E-state index in [1.807, 2.05) is 13.8 Å². The SMILES string of the molecule is CCC(CC)(CNC(=O)c1ccc(OC)cc1)C(=O)O. The van der Waals surface area contributed by atoms with Crippen LogP contribution < -0.4 is 10.1 Å². The highest BCUT2D eigenvalue weighted by Crippen LogP contribution is 2.25. The van der Waals surface area contributed by atoms with E-state index >= 15 is 0 Å². The first-order chi connectivity index (χ1) is 9.49. The van der Waals surface area contributed by atoms with Crippen LogP contribution in [0.25, 0.3) is 0 Å². The van der Waals surface area contributed by atoms with Crippen molar-refractivity contribution in [2.24, 2.45) is 5.41 Å². The summed E-state index contributed by atoms with van der Waals surface area (Å²) in [7, 11) is 1.55. The van der Waals surface area contributed by atoms with Crippen molar-refractivity contribution in [2.75, 3.05) is 13.7 Å². The second-order valence-corrected chi connectivity index (χ2v) is 4.70. The lowest BCUT2D eigenvalue weighted by atomic mass is 9.82. The van der Waals surface area contributed by atoms with E-state index in [1.54, 1.807) is 31.4 Å². The van der Waals surface area contributed by atoms with Gasteiger partial charge < -0.3 is 15.2 Å². The molecule has 0 fully saturated rings. The molecular formula is C15H21NO4. The molecule has 0 aliphatic carbocycles. The molecule has 0 bridgehead atoms. The average molecular weight is 279 g/mol. The summed E-state index contributed by atoms with van der Waals surface area (Å²) in [6, 6.07) is 6.68. The summed E-state index contributed by atoms with van der Waals surface area (Å²) in [5, 5.41) is 12.0. The zero-order valence-corrected chi connectivity index (χ0v) is 12.1. The van der Waals surface area contributed by atoms with Crippen molar-refractivity contribution >= 4 is 11.9 Å². The maximum atomic E-state index is 12.0. The highest BCUT2D eigenvalue weighted by atomic mass is 16.5. The number of carboxylic acid groups (broad SMARTS) is 1. The lowest BCUT2D eigenvalue weighted by Crippen LogP contribution is -2.42. The standard InChI is InChI=1S/C15H21NO4/c1-4-15(5-2,14(18)19)10-16-13(17)11-6-8-12(20-3)9-7-11/h6-9H,4-5,10H2,1-3H3,(H,16,17)(H,18,19). The Kier molecular flexibility index (Phi) is 5.55. The number of amides is 1. The molecule has 0 aliphatic heterocycles. The highest BCUT2D eigenvalue weighted by molar-refractivity contribution is 5.94. The van der Waals surface area contributed by atoms with Crippen LogP contribution in [-0.4, -0.2) is 30.6 Å². The van der Waals surface area contributed by atoms with Crippen LogP contribution in [0.4, 0.5) is 0 Å². The molecule has 0 saturated carbocycles. The fourth-order valence-electron chi connectivity index (χ4n) is 1.97. The van der Waals surface area contributed by atoms with Crippen LogP contribution in [0.2, 0.25) is 0 Å². The fraction of sp³-hybridized carbons (Fsp3) is 0.467. The summed E-state index contributed by atoms with van der Waals surface area (Å²) in [6.07, 6.45) is 0.948. The lowest BCUT2D eigenvalue weighted by Gasteiger charge is -2.26. The van der Waals surface area contributed by atoms with Crippen LogP contribution in [0.15, 0.2) is 24.3 Å². The van der Waals surface area contributed by atoms with E-state index in [0.717, 1.165) is 0 Å². The van der Waals surface area contributed by atoms with Crippen LogP contribution >= 0.6 is 0 Å². The minimum absolute atomic E-state index is 0.125. The van der Waals surface area contributed by atoms with Crippen molar-refractivity contribution in [3.63, 3.8) is 0 Å². The molecule has 2 N–H and O–H groups in total. The maximum Gasteiger partial charge on any atom is 0.311 e. The number of methoxy groups -OCH3 is 1. The van der Waals surface area contributed by atoms with E-state index in [1.165, 1.54) is 0 Å². The second kappa shape index (κ2) is 6.93. The summed E-state index contributed by atoms with van der Waals surface area (Å²) in [5.41, 5.74) is -0.417. The van der Waals surface area contributed by atoms with E-state index in [4.69, 9.17) is 4.74 Å². The Morgan fingerprint density at radius 1 is 1.20 bits per heavy atom. The van der Waals surface area contributed by atoms with Gasteiger partial charge in [-0.2, -0.15) is 0 Å². The Bertz CT molecular complexity index is 463. The number of carbonyl (C=O) groups is 2. The first-order valence-electron chi connectivity index (χ1n) is 6.64. The Balaban J connectivity index is 2.72. The molecule has 20 heavy (non-hydrogen) atoms. The Hall–Kier alpha value is -2.04. The molecule has 0 aromatic heterocycles. The van der Waals surface area contributed by atoms with Crippen LogP contribution in [0.3, 0.4) is 0 Å². The summed E-state index contributed by atoms with van der Waals surface area (Å²) in [5.74, 6) is -0.485. The first-order valence-corrected chi connectivity index (χ1v) is 6.64. The monoisotopic (exact) mass is 279 g/mol. The highest BCUT2D eigenvalue weighted by Gasteiger charge is 2.35. The summed E-state index contributed by atoms with van der Waals surface area (Å²) in [6.45, 7) is 3.76. The lowest BCUT2D eigenvalue weighted by molar-refractivity contribution is -0.149. The topological polar surface area (TPSA) is 75.6 Å². The van der Waals surface area contributed by atoms with Crippen molar-refractivity contribution in [1.29, 1.82) is 0 Å². The number of aliphatic carboxylic acids is 1. The van der Waals surface area contributed by atoms with Crippen LogP contribution in [0, 0.1) is 5.41 Å². The average Bonchev–Trinajstić information content (AvgIpc) is 2.48. The van der Waals surface area contributed by atoms with Gasteiger partial charge in [0, 0.05) is 12.1 Å². The van der Waals surface area contributed by atoms with E-state index in [-0.39, 0.29) is 12.5 Å². The fourth-order valence-corrected chi connectivity index (χ4v) is 1.97. The molecule has 1 rings (SSSR count). The number of carboxylic acids is 1. The number of hydrogen-bond donors (Lipinski definition) is 2. The molecule has 1 amide bonds. The van der Waals surface area contributed by atoms with Crippen molar-refractivity contribution in [1.82, 2.24) is 5.32 Å². The largest absolute Gasteiger partial charge is 0.497 e. The van der Waals surface area contributed by atoms with Gasteiger partial charge in [-0.25, -0.2) is 0 Å². The van der Waals surface area contributed by atoms with Gasteiger partial charge in [-0.05, 0) is 37.1 Å². The maximum absolute atomic E-state index is 12.0. The number of rotatable bonds is 7. The van der Waals surface area contributed by atoms with Gasteiger partial charge in [-0.1, -0.05) is 13.8 Å². The zero-order valence-electron chi connectivity index (χ0n) is 12.1. The molecule has 0 aliphatic rings. The molecular weight excluding hydrogens is 258 g/mol. The van der Waals surface area contributed by atoms with Gasteiger partial charge in [-0.15, -0.1) is 0 Å². The van der Waals surface area contributed by atoms with E-state index in [2.05, 4.69) is 5.32 Å². The third-order valence-electron chi connectivity index (χ3n) is 3.75. The predicted octanol–water partition coefficient (Wildman–Crippen LogP) is 2.32. The van der Waals surface area contributed by atoms with Crippen molar-refractivity contribution in [3.8, 4) is 5.75 Å². The van der Waals surface area contributed by atoms with E-state index in [9.17, 15) is 14.7 Å². The van der Waals surface area contributed by atoms with Gasteiger partial charge in [0.05, 0.1) is 12.5 Å². The van der Waals surface area contributed by atoms with E-state index < -0.39 is 11.4 Å². The summed E-state index contributed by atoms with van der Waals surface area (Å²) >= 11 is 0. The van der Waals surface area contributed by atoms with Crippen LogP contribution in [0.1, 0.15) is 37.0 Å². The third-order valence-corrected chi connectivity index (χ3v) is 3.75. The molecule has 0 unspecified atom stereocenters. The number of carbonyl (C=O) groups excluding carboxylic acids is 1. The number of nitrogens with one attached hydrogen (secondary N) is 1. The quantitative estimate of drug-likeness (QED) is 0.803. The minimum atomic E-state index is -0.901. The van der Waals surface area contributed by atoms with Crippen molar-refractivity contribution in [3.05, 3.63) is 29.8 Å². The van der Waals surface area contributed by atoms with Gasteiger partial charge in [0.15, 0.2) is 0 Å². The molecule has 1 aromatic rings. The number of hydrogen-bond acceptors (Lipinski definition) is 3. The Labute approximate surface area is 118 Å². The normalized spacial score (nSPS) is 10.9. The van der Waals surface area contributed by atoms with Crippen LogP contribution in [0.5, 0.6) is 5.75 Å². The first kappa shape index (κ1) is 16.0. The third kappa shape index (κ3) is 3.50. The second-order valence-electron chi connectivity index (χ2n) is 4.70. The minimum Gasteiger partial charge on any atom is -0.497 e. The van der Waals surface area contributed by atoms with Gasteiger partial charge in [0.2, 0.25) is 0 Å². The van der Waals surface area contributed by atoms with E-state index in [0.29, 0.717) is 24.2 Å². The molecule has 1 aromatic carbocycles. The van der Waals surface area contributed by atoms with Crippen molar-refractivity contribution in [2.45, 2.75) is 26.7 Å². The summed E-state index contributed by atoms with van der Waals surface area (Å²) in [4.78, 5) is 23.3. The molecule has 0 heterocycles. The smallest absolute Gasteiger partial charge is 0.311 e. The Morgan fingerprint density at radius 3 is 2.15 bits per heavy atom.